The third-order valence-electron chi connectivity index (χ3n) is 12.1. The molecule has 0 spiro atoms. The van der Waals surface area contributed by atoms with Crippen molar-refractivity contribution in [3.63, 3.8) is 0 Å². The van der Waals surface area contributed by atoms with E-state index in [4.69, 9.17) is 11.6 Å². The van der Waals surface area contributed by atoms with Gasteiger partial charge in [0.25, 0.3) is 0 Å². The van der Waals surface area contributed by atoms with E-state index in [2.05, 4.69) is 4.74 Å². The van der Waals surface area contributed by atoms with Crippen molar-refractivity contribution in [3.05, 3.63) is 166 Å². The van der Waals surface area contributed by atoms with Crippen molar-refractivity contribution in [2.75, 3.05) is 9.80 Å². The summed E-state index contributed by atoms with van der Waals surface area (Å²) in [6.45, 7) is 0. The molecule has 296 valence electrons. The molecular weight excluding hydrogens is 785 g/mol. The number of ketones is 1. The molecular formula is C46H32ClF3N2O7. The lowest BCUT2D eigenvalue weighted by Crippen LogP contribution is -2.53. The number of imide groups is 2. The van der Waals surface area contributed by atoms with Gasteiger partial charge >= 0.3 is 6.36 Å². The van der Waals surface area contributed by atoms with Gasteiger partial charge < -0.3 is 9.84 Å². The summed E-state index contributed by atoms with van der Waals surface area (Å²) in [5, 5.41) is 11.8. The maximum Gasteiger partial charge on any atom is 0.573 e. The Labute approximate surface area is 340 Å². The SMILES string of the molecule is O=C(c1ccccc1)c1ccc(N2C(=O)[C@H]3[C@H](CC=C4[C@H]3C[C@H]3C(=O)N(c5cccc(Cl)c5)C(=O)[C@@]3(c3ccccc3)[C@H]4c3cc(OC(F)(F)F)ccc3O)C2=O)cc1. The van der Waals surface area contributed by atoms with Gasteiger partial charge in [-0.3, -0.25) is 28.9 Å². The third-order valence-corrected chi connectivity index (χ3v) is 12.4. The number of hydrogen-bond acceptors (Lipinski definition) is 7. The first kappa shape index (κ1) is 38.0. The molecule has 5 aromatic carbocycles. The van der Waals surface area contributed by atoms with Crippen LogP contribution in [0.2, 0.25) is 5.02 Å². The van der Waals surface area contributed by atoms with E-state index in [1.165, 1.54) is 30.3 Å². The van der Waals surface area contributed by atoms with Gasteiger partial charge in [0.1, 0.15) is 11.5 Å². The Morgan fingerprint density at radius 3 is 2.08 bits per heavy atom. The molecule has 4 aliphatic rings. The number of hydrogen-bond donors (Lipinski definition) is 1. The number of aromatic hydroxyl groups is 1. The number of amides is 4. The van der Waals surface area contributed by atoms with E-state index in [9.17, 15) is 37.5 Å². The fourth-order valence-electron chi connectivity index (χ4n) is 9.82. The third kappa shape index (κ3) is 6.04. The van der Waals surface area contributed by atoms with Gasteiger partial charge in [-0.05, 0) is 85.0 Å². The number of fused-ring (bicyclic) bond motifs is 4. The molecule has 6 atom stereocenters. The van der Waals surface area contributed by atoms with Gasteiger partial charge in [-0.2, -0.15) is 0 Å². The largest absolute Gasteiger partial charge is 0.573 e. The molecule has 9 nitrogen and oxygen atoms in total. The Balaban J connectivity index is 1.19. The van der Waals surface area contributed by atoms with Crippen LogP contribution < -0.4 is 14.5 Å². The number of rotatable bonds is 7. The van der Waals surface area contributed by atoms with Crippen molar-refractivity contribution in [1.29, 1.82) is 0 Å². The van der Waals surface area contributed by atoms with Gasteiger partial charge in [-0.25, -0.2) is 4.90 Å². The Hall–Kier alpha value is -6.53. The van der Waals surface area contributed by atoms with E-state index in [1.54, 1.807) is 84.9 Å². The van der Waals surface area contributed by atoms with Crippen LogP contribution in [0.25, 0.3) is 0 Å². The second kappa shape index (κ2) is 14.1. The van der Waals surface area contributed by atoms with Crippen LogP contribution in [0, 0.1) is 23.7 Å². The van der Waals surface area contributed by atoms with E-state index >= 15 is 4.79 Å². The van der Waals surface area contributed by atoms with Crippen LogP contribution in [-0.2, 0) is 24.6 Å². The topological polar surface area (TPSA) is 121 Å². The maximum atomic E-state index is 15.4. The monoisotopic (exact) mass is 816 g/mol. The Morgan fingerprint density at radius 1 is 0.729 bits per heavy atom. The average molecular weight is 817 g/mol. The van der Waals surface area contributed by atoms with Crippen LogP contribution in [0.1, 0.15) is 45.8 Å². The summed E-state index contributed by atoms with van der Waals surface area (Å²) in [5.74, 6) is -9.11. The van der Waals surface area contributed by atoms with Gasteiger partial charge in [-0.1, -0.05) is 90.0 Å². The van der Waals surface area contributed by atoms with Crippen LogP contribution >= 0.6 is 11.6 Å². The van der Waals surface area contributed by atoms with E-state index < -0.39 is 76.5 Å². The zero-order valence-electron chi connectivity index (χ0n) is 30.8. The lowest BCUT2D eigenvalue weighted by molar-refractivity contribution is -0.274. The molecule has 3 fully saturated rings. The summed E-state index contributed by atoms with van der Waals surface area (Å²) in [4.78, 5) is 74.6. The molecule has 1 saturated carbocycles. The first-order valence-electron chi connectivity index (χ1n) is 18.8. The smallest absolute Gasteiger partial charge is 0.508 e. The van der Waals surface area contributed by atoms with Gasteiger partial charge in [0.05, 0.1) is 34.5 Å². The first-order valence-corrected chi connectivity index (χ1v) is 19.2. The fraction of sp³-hybridized carbons (Fsp3) is 0.196. The molecule has 2 saturated heterocycles. The van der Waals surface area contributed by atoms with Crippen molar-refractivity contribution in [1.82, 2.24) is 0 Å². The molecule has 2 heterocycles. The minimum atomic E-state index is -5.10. The van der Waals surface area contributed by atoms with Crippen LogP contribution in [0.15, 0.2) is 139 Å². The maximum absolute atomic E-state index is 15.4. The number of phenolic OH excluding ortho intramolecular Hbond substituents is 1. The molecule has 1 N–H and O–H groups in total. The number of halogens is 4. The molecule has 5 aromatic rings. The number of carbonyl (C=O) groups is 5. The quantitative estimate of drug-likeness (QED) is 0.0993. The highest BCUT2D eigenvalue weighted by atomic mass is 35.5. The van der Waals surface area contributed by atoms with Gasteiger partial charge in [0, 0.05) is 27.6 Å². The van der Waals surface area contributed by atoms with E-state index in [0.29, 0.717) is 22.3 Å². The van der Waals surface area contributed by atoms with Crippen molar-refractivity contribution in [2.45, 2.75) is 30.5 Å². The first-order chi connectivity index (χ1) is 28.3. The Morgan fingerprint density at radius 2 is 1.41 bits per heavy atom. The highest BCUT2D eigenvalue weighted by Gasteiger charge is 2.70. The number of allylic oxidation sites excluding steroid dienone is 2. The summed E-state index contributed by atoms with van der Waals surface area (Å²) >= 11 is 6.36. The number of carbonyl (C=O) groups excluding carboxylic acids is 5. The summed E-state index contributed by atoms with van der Waals surface area (Å²) in [6.07, 6.45) is -3.44. The van der Waals surface area contributed by atoms with Gasteiger partial charge in [0.2, 0.25) is 23.6 Å². The molecule has 2 aliphatic carbocycles. The zero-order valence-corrected chi connectivity index (χ0v) is 31.6. The van der Waals surface area contributed by atoms with Crippen molar-refractivity contribution in [3.8, 4) is 11.5 Å². The second-order valence-corrected chi connectivity index (χ2v) is 15.6. The van der Waals surface area contributed by atoms with Crippen LogP contribution in [-0.4, -0.2) is 40.9 Å². The molecule has 13 heteroatoms. The Kier molecular flexibility index (Phi) is 9.08. The molecule has 9 rings (SSSR count). The minimum absolute atomic E-state index is 0.0217. The number of phenols is 1. The molecule has 0 radical (unpaired) electrons. The van der Waals surface area contributed by atoms with E-state index in [-0.39, 0.29) is 40.6 Å². The second-order valence-electron chi connectivity index (χ2n) is 15.1. The number of alkyl halides is 3. The fourth-order valence-corrected chi connectivity index (χ4v) is 10.0. The number of nitrogens with zero attached hydrogens (tertiary/aromatic N) is 2. The molecule has 0 bridgehead atoms. The minimum Gasteiger partial charge on any atom is -0.508 e. The lowest BCUT2D eigenvalue weighted by Gasteiger charge is -2.50. The van der Waals surface area contributed by atoms with Crippen LogP contribution in [0.4, 0.5) is 24.5 Å². The number of benzene rings is 5. The summed E-state index contributed by atoms with van der Waals surface area (Å²) in [6, 6.07) is 32.3. The predicted octanol–water partition coefficient (Wildman–Crippen LogP) is 8.54. The summed E-state index contributed by atoms with van der Waals surface area (Å²) in [5.41, 5.74) is 0.0168. The van der Waals surface area contributed by atoms with Crippen molar-refractivity contribution in [2.24, 2.45) is 23.7 Å². The molecule has 2 aliphatic heterocycles. The van der Waals surface area contributed by atoms with E-state index in [1.807, 2.05) is 0 Å². The summed E-state index contributed by atoms with van der Waals surface area (Å²) in [7, 11) is 0. The average Bonchev–Trinajstić information content (AvgIpc) is 3.62. The van der Waals surface area contributed by atoms with Crippen molar-refractivity contribution < 1.29 is 47.0 Å². The van der Waals surface area contributed by atoms with E-state index in [0.717, 1.165) is 28.0 Å². The molecule has 4 amide bonds. The molecule has 0 unspecified atom stereocenters. The highest BCUT2D eigenvalue weighted by molar-refractivity contribution is 6.32. The van der Waals surface area contributed by atoms with Gasteiger partial charge in [0.15, 0.2) is 5.78 Å². The normalized spacial score (nSPS) is 25.0. The van der Waals surface area contributed by atoms with Gasteiger partial charge in [-0.15, -0.1) is 13.2 Å². The number of ether oxygens (including phenoxy) is 1. The summed E-state index contributed by atoms with van der Waals surface area (Å²) < 4.78 is 45.3. The zero-order chi connectivity index (χ0) is 41.4. The van der Waals surface area contributed by atoms with Crippen LogP contribution in [0.5, 0.6) is 11.5 Å². The van der Waals surface area contributed by atoms with Crippen molar-refractivity contribution >= 4 is 52.4 Å². The van der Waals surface area contributed by atoms with Crippen LogP contribution in [0.3, 0.4) is 0 Å². The number of anilines is 2. The Bertz CT molecular complexity index is 2600. The highest BCUT2D eigenvalue weighted by Crippen LogP contribution is 2.65. The predicted molar refractivity (Wildman–Crippen MR) is 210 cm³/mol. The lowest BCUT2D eigenvalue weighted by atomic mass is 9.49. The molecule has 0 aromatic heterocycles. The standard InChI is InChI=1S/C46H32ClF3N2O7/c47-28-12-7-13-30(22-28)52-42(56)36-24-34-32(39(45(36,44(52)58)27-10-5-2-6-11-27)35-23-31(18-21-37(35)53)59-46(48,49)50)19-20-33-38(34)43(57)51(41(33)55)29-16-14-26(15-17-29)40(54)25-8-3-1-4-9-25/h1-19,21-23,33-34,36,38-39,53H,20,24H2/t33-,34+,36-,38-,39+,45+/m0/s1. The molecule has 59 heavy (non-hydrogen) atoms.